The number of hydrogen-bond donors (Lipinski definition) is 0. The van der Waals surface area contributed by atoms with E-state index in [1.54, 1.807) is 0 Å². The summed E-state index contributed by atoms with van der Waals surface area (Å²) in [4.78, 5) is 22.1. The molecule has 6 nitrogen and oxygen atoms in total. The van der Waals surface area contributed by atoms with Crippen LogP contribution in [-0.4, -0.2) is 25.2 Å². The highest BCUT2D eigenvalue weighted by atomic mass is 19.3. The standard InChI is InChI=1S/C37H36F8O6/c1-4-32(46)48-16-10-6-8-12-24-19-27(38)34(28(39)20-24)36(42,43)50-26-14-15-31(23(3)18-26)51-37(44,45)35-29(40)21-25(22-30(35)41)13-9-7-11-17-49-33(47)5-2/h4-5,14-15,18-22H,1-2,6-13,16-17H2,3H3. The minimum absolute atomic E-state index is 0.106. The fourth-order valence-electron chi connectivity index (χ4n) is 4.96. The first kappa shape index (κ1) is 40.5. The van der Waals surface area contributed by atoms with Crippen LogP contribution in [0.4, 0.5) is 35.1 Å². The molecule has 0 bridgehead atoms. The summed E-state index contributed by atoms with van der Waals surface area (Å²) in [6, 6.07) is 5.34. The molecule has 0 N–H and O–H groups in total. The monoisotopic (exact) mass is 728 g/mol. The second-order valence-corrected chi connectivity index (χ2v) is 11.4. The van der Waals surface area contributed by atoms with Crippen molar-refractivity contribution in [3.05, 3.63) is 119 Å². The topological polar surface area (TPSA) is 71.1 Å². The number of hydrogen-bond acceptors (Lipinski definition) is 6. The molecule has 3 aromatic rings. The van der Waals surface area contributed by atoms with Crippen LogP contribution >= 0.6 is 0 Å². The number of ether oxygens (including phenoxy) is 4. The molecule has 0 spiro atoms. The maximum atomic E-state index is 15.0. The summed E-state index contributed by atoms with van der Waals surface area (Å²) < 4.78 is 138. The van der Waals surface area contributed by atoms with E-state index in [0.29, 0.717) is 38.5 Å². The van der Waals surface area contributed by atoms with Crippen LogP contribution in [0.3, 0.4) is 0 Å². The first-order chi connectivity index (χ1) is 24.1. The largest absolute Gasteiger partial charge is 0.463 e. The molecule has 51 heavy (non-hydrogen) atoms. The molecule has 14 heteroatoms. The zero-order valence-corrected chi connectivity index (χ0v) is 27.7. The smallest absolute Gasteiger partial charge is 0.432 e. The van der Waals surface area contributed by atoms with Crippen LogP contribution in [0.15, 0.2) is 67.8 Å². The molecule has 0 aliphatic heterocycles. The summed E-state index contributed by atoms with van der Waals surface area (Å²) >= 11 is 0. The predicted molar refractivity (Wildman–Crippen MR) is 170 cm³/mol. The van der Waals surface area contributed by atoms with Gasteiger partial charge in [-0.2, -0.15) is 17.6 Å². The van der Waals surface area contributed by atoms with Gasteiger partial charge in [0.1, 0.15) is 45.9 Å². The van der Waals surface area contributed by atoms with Crippen molar-refractivity contribution in [2.24, 2.45) is 0 Å². The van der Waals surface area contributed by atoms with Gasteiger partial charge in [0.15, 0.2) is 0 Å². The van der Waals surface area contributed by atoms with Crippen molar-refractivity contribution >= 4 is 11.9 Å². The lowest BCUT2D eigenvalue weighted by Gasteiger charge is -2.23. The number of carbonyl (C=O) groups is 2. The highest BCUT2D eigenvalue weighted by Gasteiger charge is 2.43. The highest BCUT2D eigenvalue weighted by molar-refractivity contribution is 5.81. The quantitative estimate of drug-likeness (QED) is 0.0500. The summed E-state index contributed by atoms with van der Waals surface area (Å²) in [7, 11) is 0. The van der Waals surface area contributed by atoms with Gasteiger partial charge in [0.05, 0.1) is 13.2 Å². The first-order valence-electron chi connectivity index (χ1n) is 15.9. The third kappa shape index (κ3) is 11.9. The van der Waals surface area contributed by atoms with Crippen LogP contribution in [0.5, 0.6) is 11.5 Å². The fourth-order valence-corrected chi connectivity index (χ4v) is 4.96. The van der Waals surface area contributed by atoms with Crippen LogP contribution in [0.1, 0.15) is 66.3 Å². The lowest BCUT2D eigenvalue weighted by molar-refractivity contribution is -0.192. The van der Waals surface area contributed by atoms with Crippen molar-refractivity contribution in [2.45, 2.75) is 70.5 Å². The Morgan fingerprint density at radius 1 is 0.627 bits per heavy atom. The van der Waals surface area contributed by atoms with Gasteiger partial charge >= 0.3 is 24.2 Å². The maximum Gasteiger partial charge on any atom is 0.432 e. The molecular weight excluding hydrogens is 692 g/mol. The van der Waals surface area contributed by atoms with Gasteiger partial charge in [-0.25, -0.2) is 27.2 Å². The van der Waals surface area contributed by atoms with Gasteiger partial charge in [-0.1, -0.05) is 13.2 Å². The Hall–Kier alpha value is -4.88. The number of halogens is 8. The normalized spacial score (nSPS) is 11.5. The summed E-state index contributed by atoms with van der Waals surface area (Å²) in [5.41, 5.74) is -3.36. The van der Waals surface area contributed by atoms with E-state index in [9.17, 15) is 35.9 Å². The minimum Gasteiger partial charge on any atom is -0.463 e. The van der Waals surface area contributed by atoms with E-state index in [1.807, 2.05) is 0 Å². The van der Waals surface area contributed by atoms with E-state index in [4.69, 9.17) is 9.47 Å². The zero-order valence-electron chi connectivity index (χ0n) is 27.7. The fraction of sp³-hybridized carbons (Fsp3) is 0.351. The van der Waals surface area contributed by atoms with E-state index in [1.165, 1.54) is 0 Å². The Labute approximate surface area is 289 Å². The Morgan fingerprint density at radius 3 is 1.43 bits per heavy atom. The van der Waals surface area contributed by atoms with Crippen LogP contribution in [0.25, 0.3) is 0 Å². The second-order valence-electron chi connectivity index (χ2n) is 11.4. The molecular formula is C37H36F8O6. The molecule has 3 aromatic carbocycles. The van der Waals surface area contributed by atoms with Gasteiger partial charge < -0.3 is 18.9 Å². The predicted octanol–water partition coefficient (Wildman–Crippen LogP) is 9.69. The molecule has 276 valence electrons. The van der Waals surface area contributed by atoms with E-state index in [-0.39, 0.29) is 42.7 Å². The Morgan fingerprint density at radius 2 is 1.04 bits per heavy atom. The third-order valence-corrected chi connectivity index (χ3v) is 7.46. The van der Waals surface area contributed by atoms with E-state index in [2.05, 4.69) is 22.6 Å². The van der Waals surface area contributed by atoms with Crippen molar-refractivity contribution in [1.82, 2.24) is 0 Å². The SMILES string of the molecule is C=CC(=O)OCCCCCc1cc(F)c(C(F)(F)Oc2ccc(OC(F)(F)c3c(F)cc(CCCCCOC(=O)C=C)cc3F)c(C)c2)c(F)c1. The Balaban J connectivity index is 1.63. The molecule has 0 amide bonds. The first-order valence-corrected chi connectivity index (χ1v) is 15.9. The summed E-state index contributed by atoms with van der Waals surface area (Å²) in [5, 5.41) is 0. The molecule has 0 heterocycles. The van der Waals surface area contributed by atoms with E-state index in [0.717, 1.165) is 61.5 Å². The van der Waals surface area contributed by atoms with Crippen LogP contribution < -0.4 is 9.47 Å². The lowest BCUT2D eigenvalue weighted by Crippen LogP contribution is -2.26. The molecule has 0 aliphatic carbocycles. The van der Waals surface area contributed by atoms with E-state index >= 15 is 8.78 Å². The van der Waals surface area contributed by atoms with Crippen LogP contribution in [0, 0.1) is 30.2 Å². The van der Waals surface area contributed by atoms with Crippen LogP contribution in [-0.2, 0) is 44.1 Å². The van der Waals surface area contributed by atoms with Gasteiger partial charge in [-0.15, -0.1) is 0 Å². The van der Waals surface area contributed by atoms with Gasteiger partial charge in [0.25, 0.3) is 0 Å². The van der Waals surface area contributed by atoms with Crippen molar-refractivity contribution in [2.75, 3.05) is 13.2 Å². The molecule has 0 aromatic heterocycles. The van der Waals surface area contributed by atoms with Crippen molar-refractivity contribution in [1.29, 1.82) is 0 Å². The molecule has 0 atom stereocenters. The van der Waals surface area contributed by atoms with Gasteiger partial charge in [0.2, 0.25) is 0 Å². The van der Waals surface area contributed by atoms with Crippen molar-refractivity contribution in [3.63, 3.8) is 0 Å². The number of rotatable bonds is 20. The number of unbranched alkanes of at least 4 members (excludes halogenated alkanes) is 4. The number of aryl methyl sites for hydroxylation is 3. The summed E-state index contributed by atoms with van der Waals surface area (Å²) in [6.07, 6.45) is -3.92. The zero-order chi connectivity index (χ0) is 37.8. The Kier molecular flexibility index (Phi) is 14.6. The molecule has 0 radical (unpaired) electrons. The number of benzene rings is 3. The van der Waals surface area contributed by atoms with Crippen molar-refractivity contribution in [3.8, 4) is 11.5 Å². The lowest BCUT2D eigenvalue weighted by atomic mass is 10.0. The second kappa shape index (κ2) is 18.4. The Bertz CT molecular complexity index is 1660. The number of carbonyl (C=O) groups excluding carboxylic acids is 2. The molecule has 0 unspecified atom stereocenters. The molecule has 0 fully saturated rings. The summed E-state index contributed by atoms with van der Waals surface area (Å²) in [6.45, 7) is 7.93. The highest BCUT2D eigenvalue weighted by Crippen LogP contribution is 2.40. The third-order valence-electron chi connectivity index (χ3n) is 7.46. The van der Waals surface area contributed by atoms with Crippen LogP contribution in [0.2, 0.25) is 0 Å². The molecule has 0 saturated carbocycles. The van der Waals surface area contributed by atoms with Gasteiger partial charge in [-0.05, 0) is 117 Å². The van der Waals surface area contributed by atoms with Gasteiger partial charge in [0, 0.05) is 12.2 Å². The molecule has 0 saturated heterocycles. The number of alkyl halides is 4. The van der Waals surface area contributed by atoms with Gasteiger partial charge in [-0.3, -0.25) is 0 Å². The maximum absolute atomic E-state index is 15.0. The van der Waals surface area contributed by atoms with Crippen molar-refractivity contribution < 1.29 is 63.7 Å². The average molecular weight is 729 g/mol. The number of esters is 2. The van der Waals surface area contributed by atoms with E-state index < -0.39 is 70.1 Å². The molecule has 0 aliphatic rings. The summed E-state index contributed by atoms with van der Waals surface area (Å²) in [5.74, 6) is -8.79. The molecule has 3 rings (SSSR count). The average Bonchev–Trinajstić information content (AvgIpc) is 3.04. The minimum atomic E-state index is -4.54.